The van der Waals surface area contributed by atoms with Gasteiger partial charge in [-0.1, -0.05) is 0 Å². The summed E-state index contributed by atoms with van der Waals surface area (Å²) in [5.74, 6) is 0.978. The lowest BCUT2D eigenvalue weighted by atomic mass is 10.2. The van der Waals surface area contributed by atoms with Crippen LogP contribution in [-0.4, -0.2) is 33.1 Å². The predicted octanol–water partition coefficient (Wildman–Crippen LogP) is 1.48. The SMILES string of the molecule is N#Cc1cnn(C2CCN(c3cc4c(nn3)CCC4)C2)c1. The first kappa shape index (κ1) is 12.3. The molecule has 0 N–H and O–H groups in total. The van der Waals surface area contributed by atoms with Crippen LogP contribution >= 0.6 is 0 Å². The van der Waals surface area contributed by atoms with E-state index in [1.807, 2.05) is 10.9 Å². The van der Waals surface area contributed by atoms with Gasteiger partial charge in [-0.05, 0) is 37.3 Å². The maximum absolute atomic E-state index is 8.88. The van der Waals surface area contributed by atoms with Crippen LogP contribution in [0.4, 0.5) is 5.82 Å². The Morgan fingerprint density at radius 2 is 2.24 bits per heavy atom. The van der Waals surface area contributed by atoms with Crippen molar-refractivity contribution in [1.82, 2.24) is 20.0 Å². The molecule has 0 radical (unpaired) electrons. The third kappa shape index (κ3) is 2.15. The van der Waals surface area contributed by atoms with Crippen LogP contribution in [0.2, 0.25) is 0 Å². The first-order chi connectivity index (χ1) is 10.3. The lowest BCUT2D eigenvalue weighted by Crippen LogP contribution is -2.22. The van der Waals surface area contributed by atoms with Gasteiger partial charge in [0.2, 0.25) is 0 Å². The molecule has 0 bridgehead atoms. The third-order valence-corrected chi connectivity index (χ3v) is 4.40. The highest BCUT2D eigenvalue weighted by Gasteiger charge is 2.26. The average molecular weight is 280 g/mol. The van der Waals surface area contributed by atoms with Crippen molar-refractivity contribution in [3.8, 4) is 6.07 Å². The van der Waals surface area contributed by atoms with Gasteiger partial charge >= 0.3 is 0 Å². The van der Waals surface area contributed by atoms with Crippen LogP contribution in [0.15, 0.2) is 18.5 Å². The van der Waals surface area contributed by atoms with E-state index in [9.17, 15) is 0 Å². The molecule has 2 aromatic heterocycles. The summed E-state index contributed by atoms with van der Waals surface area (Å²) < 4.78 is 1.90. The number of fused-ring (bicyclic) bond motifs is 1. The lowest BCUT2D eigenvalue weighted by molar-refractivity contribution is 0.494. The summed E-state index contributed by atoms with van der Waals surface area (Å²) >= 11 is 0. The highest BCUT2D eigenvalue weighted by atomic mass is 15.3. The number of rotatable bonds is 2. The zero-order valence-corrected chi connectivity index (χ0v) is 11.7. The largest absolute Gasteiger partial charge is 0.353 e. The molecule has 1 fully saturated rings. The maximum atomic E-state index is 8.88. The minimum atomic E-state index is 0.308. The molecular formula is C15H16N6. The Morgan fingerprint density at radius 1 is 1.29 bits per heavy atom. The van der Waals surface area contributed by atoms with Crippen molar-refractivity contribution in [3.63, 3.8) is 0 Å². The standard InChI is InChI=1S/C15H16N6/c16-7-11-8-17-21(9-11)13-4-5-20(10-13)15-6-12-2-1-3-14(12)18-19-15/h6,8-9,13H,1-5,10H2. The number of aromatic nitrogens is 4. The van der Waals surface area contributed by atoms with Crippen LogP contribution in [0.3, 0.4) is 0 Å². The summed E-state index contributed by atoms with van der Waals surface area (Å²) in [6.45, 7) is 1.83. The van der Waals surface area contributed by atoms with Gasteiger partial charge in [-0.25, -0.2) is 0 Å². The molecule has 1 unspecified atom stereocenters. The van der Waals surface area contributed by atoms with E-state index in [-0.39, 0.29) is 0 Å². The number of hydrogen-bond donors (Lipinski definition) is 0. The summed E-state index contributed by atoms with van der Waals surface area (Å²) in [4.78, 5) is 2.27. The molecule has 1 saturated heterocycles. The molecule has 6 nitrogen and oxygen atoms in total. The lowest BCUT2D eigenvalue weighted by Gasteiger charge is -2.17. The fraction of sp³-hybridized carbons (Fsp3) is 0.467. The van der Waals surface area contributed by atoms with E-state index < -0.39 is 0 Å². The molecule has 0 amide bonds. The predicted molar refractivity (Wildman–Crippen MR) is 76.9 cm³/mol. The number of aryl methyl sites for hydroxylation is 2. The van der Waals surface area contributed by atoms with E-state index in [2.05, 4.69) is 32.3 Å². The molecule has 2 aromatic rings. The van der Waals surface area contributed by atoms with Gasteiger partial charge in [0.05, 0.1) is 23.5 Å². The van der Waals surface area contributed by atoms with Crippen LogP contribution in [0, 0.1) is 11.3 Å². The van der Waals surface area contributed by atoms with Crippen LogP contribution in [0.1, 0.15) is 35.7 Å². The van der Waals surface area contributed by atoms with Crippen LogP contribution in [-0.2, 0) is 12.8 Å². The molecule has 3 heterocycles. The van der Waals surface area contributed by atoms with Crippen molar-refractivity contribution >= 4 is 5.82 Å². The Labute approximate surface area is 123 Å². The number of nitriles is 1. The summed E-state index contributed by atoms with van der Waals surface area (Å²) in [7, 11) is 0. The van der Waals surface area contributed by atoms with Gasteiger partial charge < -0.3 is 4.90 Å². The molecule has 2 aliphatic rings. The Kier molecular flexibility index (Phi) is 2.85. The first-order valence-corrected chi connectivity index (χ1v) is 7.38. The molecule has 0 spiro atoms. The van der Waals surface area contributed by atoms with Crippen molar-refractivity contribution in [2.45, 2.75) is 31.7 Å². The van der Waals surface area contributed by atoms with Gasteiger partial charge in [0.25, 0.3) is 0 Å². The number of hydrogen-bond acceptors (Lipinski definition) is 5. The molecule has 6 heteroatoms. The topological polar surface area (TPSA) is 70.6 Å². The fourth-order valence-corrected chi connectivity index (χ4v) is 3.23. The van der Waals surface area contributed by atoms with Crippen molar-refractivity contribution < 1.29 is 0 Å². The molecule has 1 atom stereocenters. The van der Waals surface area contributed by atoms with Crippen molar-refractivity contribution in [1.29, 1.82) is 5.26 Å². The quantitative estimate of drug-likeness (QED) is 0.833. The summed E-state index contributed by atoms with van der Waals surface area (Å²) in [6.07, 6.45) is 7.85. The second-order valence-corrected chi connectivity index (χ2v) is 5.74. The minimum absolute atomic E-state index is 0.308. The van der Waals surface area contributed by atoms with E-state index in [4.69, 9.17) is 5.26 Å². The second-order valence-electron chi connectivity index (χ2n) is 5.74. The molecule has 0 saturated carbocycles. The van der Waals surface area contributed by atoms with Crippen LogP contribution in [0.5, 0.6) is 0 Å². The van der Waals surface area contributed by atoms with Gasteiger partial charge in [0.15, 0.2) is 5.82 Å². The smallest absolute Gasteiger partial charge is 0.151 e. The van der Waals surface area contributed by atoms with E-state index >= 15 is 0 Å². The van der Waals surface area contributed by atoms with E-state index in [0.29, 0.717) is 11.6 Å². The molecule has 0 aromatic carbocycles. The van der Waals surface area contributed by atoms with Gasteiger partial charge in [0, 0.05) is 19.3 Å². The molecular weight excluding hydrogens is 264 g/mol. The number of anilines is 1. The minimum Gasteiger partial charge on any atom is -0.353 e. The van der Waals surface area contributed by atoms with Gasteiger partial charge in [0.1, 0.15) is 6.07 Å². The van der Waals surface area contributed by atoms with E-state index in [1.54, 1.807) is 6.20 Å². The summed E-state index contributed by atoms with van der Waals surface area (Å²) in [5.41, 5.74) is 3.14. The van der Waals surface area contributed by atoms with Crippen molar-refractivity contribution in [2.75, 3.05) is 18.0 Å². The molecule has 21 heavy (non-hydrogen) atoms. The van der Waals surface area contributed by atoms with Gasteiger partial charge in [-0.3, -0.25) is 4.68 Å². The van der Waals surface area contributed by atoms with Crippen molar-refractivity contribution in [2.24, 2.45) is 0 Å². The van der Waals surface area contributed by atoms with Crippen LogP contribution in [0.25, 0.3) is 0 Å². The molecule has 1 aliphatic carbocycles. The Bertz CT molecular complexity index is 713. The molecule has 106 valence electrons. The summed E-state index contributed by atoms with van der Waals surface area (Å²) in [6, 6.07) is 4.63. The number of nitrogens with zero attached hydrogens (tertiary/aromatic N) is 6. The monoisotopic (exact) mass is 280 g/mol. The Balaban J connectivity index is 1.52. The maximum Gasteiger partial charge on any atom is 0.151 e. The average Bonchev–Trinajstić information content (AvgIpc) is 3.24. The second kappa shape index (κ2) is 4.85. The highest BCUT2D eigenvalue weighted by Crippen LogP contribution is 2.28. The highest BCUT2D eigenvalue weighted by molar-refractivity contribution is 5.43. The van der Waals surface area contributed by atoms with Crippen molar-refractivity contribution in [3.05, 3.63) is 35.3 Å². The molecule has 4 rings (SSSR count). The van der Waals surface area contributed by atoms with E-state index in [0.717, 1.165) is 38.2 Å². The molecule has 1 aliphatic heterocycles. The zero-order valence-electron chi connectivity index (χ0n) is 11.7. The van der Waals surface area contributed by atoms with Gasteiger partial charge in [-0.15, -0.1) is 5.10 Å². The van der Waals surface area contributed by atoms with Gasteiger partial charge in [-0.2, -0.15) is 15.5 Å². The third-order valence-electron chi connectivity index (χ3n) is 4.40. The fourth-order valence-electron chi connectivity index (χ4n) is 3.23. The first-order valence-electron chi connectivity index (χ1n) is 7.38. The normalized spacial score (nSPS) is 20.5. The zero-order chi connectivity index (χ0) is 14.2. The van der Waals surface area contributed by atoms with E-state index in [1.165, 1.54) is 17.7 Å². The summed E-state index contributed by atoms with van der Waals surface area (Å²) in [5, 5.41) is 21.9. The Hall–Kier alpha value is -2.42. The van der Waals surface area contributed by atoms with Crippen LogP contribution < -0.4 is 4.90 Å². The Morgan fingerprint density at radius 3 is 3.10 bits per heavy atom.